The first-order valence-electron chi connectivity index (χ1n) is 7.80. The maximum absolute atomic E-state index is 12.7. The van der Waals surface area contributed by atoms with Gasteiger partial charge < -0.3 is 14.6 Å². The second kappa shape index (κ2) is 6.69. The average molecular weight is 312 g/mol. The third-order valence-corrected chi connectivity index (χ3v) is 3.90. The number of nitrogens with zero attached hydrogens (tertiary/aromatic N) is 1. The molecule has 0 bridgehead atoms. The number of carbonyl (C=O) groups excluding carboxylic acids is 2. The summed E-state index contributed by atoms with van der Waals surface area (Å²) in [7, 11) is 0. The van der Waals surface area contributed by atoms with Crippen LogP contribution in [0.4, 0.5) is 0 Å². The summed E-state index contributed by atoms with van der Waals surface area (Å²) in [6.07, 6.45) is 3.72. The number of hydrogen-bond acceptors (Lipinski definition) is 3. The van der Waals surface area contributed by atoms with Crippen molar-refractivity contribution in [3.05, 3.63) is 59.5 Å². The van der Waals surface area contributed by atoms with Crippen molar-refractivity contribution >= 4 is 11.8 Å². The van der Waals surface area contributed by atoms with Crippen molar-refractivity contribution in [1.29, 1.82) is 0 Å². The molecule has 1 fully saturated rings. The van der Waals surface area contributed by atoms with E-state index in [1.54, 1.807) is 6.26 Å². The van der Waals surface area contributed by atoms with Crippen molar-refractivity contribution in [3.8, 4) is 0 Å². The summed E-state index contributed by atoms with van der Waals surface area (Å²) in [4.78, 5) is 25.6. The molecule has 2 amide bonds. The molecule has 0 spiro atoms. The first kappa shape index (κ1) is 15.3. The summed E-state index contributed by atoms with van der Waals surface area (Å²) >= 11 is 0. The van der Waals surface area contributed by atoms with Crippen molar-refractivity contribution in [2.45, 2.75) is 38.9 Å². The molecule has 5 nitrogen and oxygen atoms in total. The zero-order valence-corrected chi connectivity index (χ0v) is 13.1. The third kappa shape index (κ3) is 4.00. The van der Waals surface area contributed by atoms with Crippen LogP contribution in [-0.4, -0.2) is 22.8 Å². The molecule has 5 heteroatoms. The molecular formula is C18H20N2O3. The Morgan fingerprint density at radius 3 is 2.52 bits per heavy atom. The zero-order chi connectivity index (χ0) is 16.2. The quantitative estimate of drug-likeness (QED) is 0.892. The van der Waals surface area contributed by atoms with Crippen LogP contribution in [0.25, 0.3) is 0 Å². The topological polar surface area (TPSA) is 62.6 Å². The highest BCUT2D eigenvalue weighted by Gasteiger charge is 2.33. The van der Waals surface area contributed by atoms with E-state index in [2.05, 4.69) is 5.32 Å². The van der Waals surface area contributed by atoms with Crippen LogP contribution >= 0.6 is 0 Å². The van der Waals surface area contributed by atoms with Crippen LogP contribution in [0.1, 0.15) is 41.4 Å². The van der Waals surface area contributed by atoms with Crippen LogP contribution in [0, 0.1) is 0 Å². The molecule has 1 N–H and O–H groups in total. The van der Waals surface area contributed by atoms with Crippen molar-refractivity contribution in [2.75, 3.05) is 0 Å². The van der Waals surface area contributed by atoms with E-state index in [1.165, 1.54) is 6.92 Å². The number of hydrogen-bond donors (Lipinski definition) is 1. The van der Waals surface area contributed by atoms with Gasteiger partial charge in [-0.3, -0.25) is 9.59 Å². The number of amides is 2. The highest BCUT2D eigenvalue weighted by Crippen LogP contribution is 2.30. The van der Waals surface area contributed by atoms with Gasteiger partial charge in [0.15, 0.2) is 0 Å². The fraction of sp³-hybridized carbons (Fsp3) is 0.333. The molecule has 23 heavy (non-hydrogen) atoms. The minimum absolute atomic E-state index is 0.0231. The Morgan fingerprint density at radius 1 is 1.22 bits per heavy atom. The second-order valence-corrected chi connectivity index (χ2v) is 5.85. The van der Waals surface area contributed by atoms with Gasteiger partial charge in [0.2, 0.25) is 5.91 Å². The summed E-state index contributed by atoms with van der Waals surface area (Å²) < 4.78 is 5.37. The molecule has 0 radical (unpaired) electrons. The van der Waals surface area contributed by atoms with E-state index < -0.39 is 0 Å². The molecule has 0 atom stereocenters. The summed E-state index contributed by atoms with van der Waals surface area (Å²) in [6, 6.07) is 11.4. The molecule has 2 aromatic rings. The first-order valence-corrected chi connectivity index (χ1v) is 7.80. The monoisotopic (exact) mass is 312 g/mol. The Kier molecular flexibility index (Phi) is 4.46. The molecule has 120 valence electrons. The summed E-state index contributed by atoms with van der Waals surface area (Å²) in [6.45, 7) is 2.47. The highest BCUT2D eigenvalue weighted by molar-refractivity contribution is 5.94. The lowest BCUT2D eigenvalue weighted by atomic mass is 10.1. The predicted molar refractivity (Wildman–Crippen MR) is 85.6 cm³/mol. The average Bonchev–Trinajstić information content (AvgIpc) is 3.26. The number of rotatable bonds is 6. The third-order valence-electron chi connectivity index (χ3n) is 3.90. The Labute approximate surface area is 135 Å². The number of nitrogens with one attached hydrogen (secondary N) is 1. The lowest BCUT2D eigenvalue weighted by Gasteiger charge is -2.21. The molecular weight excluding hydrogens is 292 g/mol. The van der Waals surface area contributed by atoms with E-state index in [9.17, 15) is 9.59 Å². The second-order valence-electron chi connectivity index (χ2n) is 5.85. The van der Waals surface area contributed by atoms with Crippen LogP contribution in [0.15, 0.2) is 47.1 Å². The van der Waals surface area contributed by atoms with Gasteiger partial charge in [-0.2, -0.15) is 0 Å². The molecule has 1 saturated carbocycles. The maximum Gasteiger partial charge on any atom is 0.254 e. The molecule has 3 rings (SSSR count). The molecule has 1 aliphatic rings. The van der Waals surface area contributed by atoms with Gasteiger partial charge >= 0.3 is 0 Å². The van der Waals surface area contributed by atoms with Gasteiger partial charge in [-0.05, 0) is 42.7 Å². The Morgan fingerprint density at radius 2 is 1.96 bits per heavy atom. The van der Waals surface area contributed by atoms with Crippen LogP contribution < -0.4 is 5.32 Å². The van der Waals surface area contributed by atoms with Crippen molar-refractivity contribution in [2.24, 2.45) is 0 Å². The van der Waals surface area contributed by atoms with Crippen molar-refractivity contribution in [1.82, 2.24) is 10.2 Å². The molecule has 1 heterocycles. The lowest BCUT2D eigenvalue weighted by Crippen LogP contribution is -2.32. The van der Waals surface area contributed by atoms with E-state index in [0.29, 0.717) is 24.7 Å². The summed E-state index contributed by atoms with van der Waals surface area (Å²) in [5.74, 6) is 0.756. The molecule has 1 aromatic heterocycles. The van der Waals surface area contributed by atoms with Gasteiger partial charge in [-0.25, -0.2) is 0 Å². The summed E-state index contributed by atoms with van der Waals surface area (Å²) in [5, 5.41) is 2.74. The van der Waals surface area contributed by atoms with Crippen molar-refractivity contribution < 1.29 is 14.0 Å². The van der Waals surface area contributed by atoms with E-state index in [1.807, 2.05) is 41.3 Å². The van der Waals surface area contributed by atoms with Crippen LogP contribution in [0.5, 0.6) is 0 Å². The fourth-order valence-corrected chi connectivity index (χ4v) is 2.48. The first-order chi connectivity index (χ1) is 11.1. The Hall–Kier alpha value is -2.56. The Balaban J connectivity index is 1.68. The maximum atomic E-state index is 12.7. The molecule has 1 aliphatic carbocycles. The SMILES string of the molecule is CC(=O)NCc1ccc(C(=O)N(Cc2ccco2)C2CC2)cc1. The van der Waals surface area contributed by atoms with E-state index in [-0.39, 0.29) is 11.8 Å². The number of furan rings is 1. The normalized spacial score (nSPS) is 13.6. The summed E-state index contributed by atoms with van der Waals surface area (Å²) in [5.41, 5.74) is 1.63. The molecule has 0 aliphatic heterocycles. The van der Waals surface area contributed by atoms with Crippen LogP contribution in [0.2, 0.25) is 0 Å². The van der Waals surface area contributed by atoms with Gasteiger partial charge in [-0.15, -0.1) is 0 Å². The molecule has 0 saturated heterocycles. The minimum Gasteiger partial charge on any atom is -0.467 e. The minimum atomic E-state index is -0.0662. The van der Waals surface area contributed by atoms with E-state index >= 15 is 0 Å². The van der Waals surface area contributed by atoms with Gasteiger partial charge in [-0.1, -0.05) is 12.1 Å². The van der Waals surface area contributed by atoms with E-state index in [0.717, 1.165) is 24.2 Å². The van der Waals surface area contributed by atoms with Gasteiger partial charge in [0.1, 0.15) is 5.76 Å². The van der Waals surface area contributed by atoms with Gasteiger partial charge in [0.25, 0.3) is 5.91 Å². The fourth-order valence-electron chi connectivity index (χ4n) is 2.48. The highest BCUT2D eigenvalue weighted by atomic mass is 16.3. The standard InChI is InChI=1S/C18H20N2O3/c1-13(21)19-11-14-4-6-15(7-5-14)18(22)20(16-8-9-16)12-17-3-2-10-23-17/h2-7,10,16H,8-9,11-12H2,1H3,(H,19,21). The van der Waals surface area contributed by atoms with Gasteiger partial charge in [0, 0.05) is 25.1 Å². The van der Waals surface area contributed by atoms with E-state index in [4.69, 9.17) is 4.42 Å². The van der Waals surface area contributed by atoms with Crippen LogP contribution in [-0.2, 0) is 17.9 Å². The molecule has 1 aromatic carbocycles. The predicted octanol–water partition coefficient (Wildman–Crippen LogP) is 2.72. The largest absolute Gasteiger partial charge is 0.467 e. The zero-order valence-electron chi connectivity index (χ0n) is 13.1. The number of benzene rings is 1. The van der Waals surface area contributed by atoms with Gasteiger partial charge in [0.05, 0.1) is 12.8 Å². The lowest BCUT2D eigenvalue weighted by molar-refractivity contribution is -0.119. The van der Waals surface area contributed by atoms with Crippen molar-refractivity contribution in [3.63, 3.8) is 0 Å². The van der Waals surface area contributed by atoms with Crippen LogP contribution in [0.3, 0.4) is 0 Å². The Bertz CT molecular complexity index is 673. The smallest absolute Gasteiger partial charge is 0.254 e. The molecule has 0 unspecified atom stereocenters. The number of carbonyl (C=O) groups is 2.